The van der Waals surface area contributed by atoms with Crippen LogP contribution in [0.15, 0.2) is 28.9 Å². The third kappa shape index (κ3) is 3.98. The number of amides is 1. The Morgan fingerprint density at radius 3 is 2.59 bits per heavy atom. The van der Waals surface area contributed by atoms with Crippen LogP contribution in [0.4, 0.5) is 10.8 Å². The lowest BCUT2D eigenvalue weighted by atomic mass is 9.96. The Bertz CT molecular complexity index is 766. The molecule has 10 heteroatoms. The number of nitrogens with zero attached hydrogens (tertiary/aromatic N) is 3. The number of carbonyl (C=O) groups is 1. The highest BCUT2D eigenvalue weighted by atomic mass is 32.2. The van der Waals surface area contributed by atoms with Gasteiger partial charge in [-0.2, -0.15) is 8.42 Å². The van der Waals surface area contributed by atoms with Gasteiger partial charge in [0, 0.05) is 11.6 Å². The maximum absolute atomic E-state index is 12.2. The molecule has 22 heavy (non-hydrogen) atoms. The van der Waals surface area contributed by atoms with Crippen LogP contribution in [0.2, 0.25) is 0 Å². The Hall–Kier alpha value is -2.07. The maximum atomic E-state index is 12.2. The van der Waals surface area contributed by atoms with Crippen molar-refractivity contribution in [2.24, 2.45) is 5.41 Å². The summed E-state index contributed by atoms with van der Waals surface area (Å²) in [7, 11) is -3.86. The highest BCUT2D eigenvalue weighted by molar-refractivity contribution is 7.94. The highest BCUT2D eigenvalue weighted by Crippen LogP contribution is 2.24. The number of rotatable bonds is 4. The molecule has 0 saturated carbocycles. The molecule has 0 aliphatic heterocycles. The van der Waals surface area contributed by atoms with Gasteiger partial charge in [-0.05, 0) is 12.1 Å². The van der Waals surface area contributed by atoms with Crippen molar-refractivity contribution in [2.75, 3.05) is 10.0 Å². The summed E-state index contributed by atoms with van der Waals surface area (Å²) in [6.45, 7) is 5.22. The second kappa shape index (κ2) is 5.97. The van der Waals surface area contributed by atoms with Crippen LogP contribution in [0.3, 0.4) is 0 Å². The average molecular weight is 341 g/mol. The first-order valence-corrected chi connectivity index (χ1v) is 8.56. The fourth-order valence-electron chi connectivity index (χ4n) is 1.28. The predicted molar refractivity (Wildman–Crippen MR) is 83.0 cm³/mol. The minimum absolute atomic E-state index is 0.131. The molecular formula is C12H15N5O3S2. The molecule has 0 spiro atoms. The second-order valence-electron chi connectivity index (χ2n) is 5.42. The van der Waals surface area contributed by atoms with Crippen molar-refractivity contribution in [1.29, 1.82) is 0 Å². The predicted octanol–water partition coefficient (Wildman–Crippen LogP) is 1.72. The fraction of sp³-hybridized carbons (Fsp3) is 0.333. The molecule has 0 radical (unpaired) electrons. The summed E-state index contributed by atoms with van der Waals surface area (Å²) in [5.41, 5.74) is -0.295. The Morgan fingerprint density at radius 2 is 2.00 bits per heavy atom. The molecule has 2 aromatic heterocycles. The number of anilines is 2. The van der Waals surface area contributed by atoms with E-state index >= 15 is 0 Å². The summed E-state index contributed by atoms with van der Waals surface area (Å²) in [6.07, 6.45) is 2.91. The SMILES string of the molecule is CC(C)(C)C(=O)Nc1nnc(S(=O)(=O)Nc2cccnc2)s1. The molecule has 0 aliphatic carbocycles. The number of sulfonamides is 1. The van der Waals surface area contributed by atoms with Gasteiger partial charge in [0.2, 0.25) is 11.0 Å². The van der Waals surface area contributed by atoms with E-state index in [9.17, 15) is 13.2 Å². The number of hydrogen-bond donors (Lipinski definition) is 2. The van der Waals surface area contributed by atoms with Crippen molar-refractivity contribution in [1.82, 2.24) is 15.2 Å². The van der Waals surface area contributed by atoms with E-state index in [1.54, 1.807) is 32.9 Å². The normalized spacial score (nSPS) is 12.0. The van der Waals surface area contributed by atoms with Gasteiger partial charge in [-0.1, -0.05) is 32.1 Å². The summed E-state index contributed by atoms with van der Waals surface area (Å²) in [6, 6.07) is 3.17. The third-order valence-electron chi connectivity index (χ3n) is 2.45. The zero-order chi connectivity index (χ0) is 16.4. The molecule has 2 N–H and O–H groups in total. The molecule has 0 saturated heterocycles. The van der Waals surface area contributed by atoms with Gasteiger partial charge in [0.1, 0.15) is 0 Å². The molecule has 0 aliphatic rings. The number of carbonyl (C=O) groups excluding carboxylic acids is 1. The van der Waals surface area contributed by atoms with Crippen LogP contribution in [0.1, 0.15) is 20.8 Å². The monoisotopic (exact) mass is 341 g/mol. The van der Waals surface area contributed by atoms with Gasteiger partial charge in [-0.15, -0.1) is 10.2 Å². The smallest absolute Gasteiger partial charge is 0.291 e. The van der Waals surface area contributed by atoms with E-state index in [1.165, 1.54) is 12.4 Å². The minimum atomic E-state index is -3.86. The highest BCUT2D eigenvalue weighted by Gasteiger charge is 2.25. The van der Waals surface area contributed by atoms with Gasteiger partial charge < -0.3 is 5.32 Å². The van der Waals surface area contributed by atoms with E-state index in [0.717, 1.165) is 11.3 Å². The quantitative estimate of drug-likeness (QED) is 0.818. The van der Waals surface area contributed by atoms with E-state index in [-0.39, 0.29) is 15.4 Å². The second-order valence-corrected chi connectivity index (χ2v) is 8.26. The summed E-state index contributed by atoms with van der Waals surface area (Å²) in [4.78, 5) is 15.7. The van der Waals surface area contributed by atoms with Crippen LogP contribution in [-0.4, -0.2) is 29.5 Å². The van der Waals surface area contributed by atoms with Crippen LogP contribution in [-0.2, 0) is 14.8 Å². The largest absolute Gasteiger partial charge is 0.300 e. The Balaban J connectivity index is 2.15. The van der Waals surface area contributed by atoms with E-state index < -0.39 is 15.4 Å². The van der Waals surface area contributed by atoms with Crippen molar-refractivity contribution in [3.8, 4) is 0 Å². The van der Waals surface area contributed by atoms with Gasteiger partial charge in [0.25, 0.3) is 14.4 Å². The lowest BCUT2D eigenvalue weighted by Gasteiger charge is -2.15. The lowest BCUT2D eigenvalue weighted by Crippen LogP contribution is -2.27. The molecule has 0 atom stereocenters. The van der Waals surface area contributed by atoms with Crippen molar-refractivity contribution in [3.05, 3.63) is 24.5 Å². The van der Waals surface area contributed by atoms with E-state index in [4.69, 9.17) is 0 Å². The maximum Gasteiger partial charge on any atom is 0.291 e. The fourth-order valence-corrected chi connectivity index (χ4v) is 3.22. The summed E-state index contributed by atoms with van der Waals surface area (Å²) >= 11 is 0.778. The molecule has 1 amide bonds. The molecule has 2 aromatic rings. The van der Waals surface area contributed by atoms with Crippen molar-refractivity contribution in [2.45, 2.75) is 25.1 Å². The van der Waals surface area contributed by atoms with Gasteiger partial charge >= 0.3 is 0 Å². The number of aromatic nitrogens is 3. The molecule has 0 unspecified atom stereocenters. The Kier molecular flexibility index (Phi) is 4.42. The summed E-state index contributed by atoms with van der Waals surface area (Å²) < 4.78 is 26.4. The third-order valence-corrected chi connectivity index (χ3v) is 5.04. The molecule has 8 nitrogen and oxygen atoms in total. The Morgan fingerprint density at radius 1 is 1.27 bits per heavy atom. The average Bonchev–Trinajstić information content (AvgIpc) is 2.87. The number of pyridine rings is 1. The van der Waals surface area contributed by atoms with Crippen LogP contribution < -0.4 is 10.0 Å². The molecule has 118 valence electrons. The van der Waals surface area contributed by atoms with E-state index in [1.807, 2.05) is 0 Å². The van der Waals surface area contributed by atoms with Crippen LogP contribution >= 0.6 is 11.3 Å². The van der Waals surface area contributed by atoms with Crippen molar-refractivity contribution >= 4 is 38.1 Å². The molecule has 0 fully saturated rings. The van der Waals surface area contributed by atoms with Crippen LogP contribution in [0.25, 0.3) is 0 Å². The topological polar surface area (TPSA) is 114 Å². The zero-order valence-corrected chi connectivity index (χ0v) is 13.8. The number of nitrogens with one attached hydrogen (secondary N) is 2. The molecule has 2 heterocycles. The van der Waals surface area contributed by atoms with Gasteiger partial charge in [-0.3, -0.25) is 14.5 Å². The first-order valence-electron chi connectivity index (χ1n) is 6.26. The van der Waals surface area contributed by atoms with Crippen molar-refractivity contribution in [3.63, 3.8) is 0 Å². The summed E-state index contributed by atoms with van der Waals surface area (Å²) in [5, 5.41) is 9.95. The Labute approximate surface area is 132 Å². The molecule has 0 aromatic carbocycles. The minimum Gasteiger partial charge on any atom is -0.300 e. The number of hydrogen-bond acceptors (Lipinski definition) is 7. The van der Waals surface area contributed by atoms with Gasteiger partial charge in [-0.25, -0.2) is 0 Å². The first kappa shape index (κ1) is 16.3. The lowest BCUT2D eigenvalue weighted by molar-refractivity contribution is -0.123. The van der Waals surface area contributed by atoms with Gasteiger partial charge in [0.15, 0.2) is 0 Å². The van der Waals surface area contributed by atoms with Gasteiger partial charge in [0.05, 0.1) is 11.9 Å². The first-order chi connectivity index (χ1) is 10.2. The van der Waals surface area contributed by atoms with Crippen molar-refractivity contribution < 1.29 is 13.2 Å². The molecule has 2 rings (SSSR count). The standard InChI is InChI=1S/C12H15N5O3S2/c1-12(2,3)9(18)14-10-15-16-11(21-10)22(19,20)17-8-5-4-6-13-7-8/h4-7,17H,1-3H3,(H,14,15,18). The van der Waals surface area contributed by atoms with E-state index in [0.29, 0.717) is 5.69 Å². The van der Waals surface area contributed by atoms with E-state index in [2.05, 4.69) is 25.2 Å². The molecular weight excluding hydrogens is 326 g/mol. The van der Waals surface area contributed by atoms with Crippen LogP contribution in [0, 0.1) is 5.41 Å². The zero-order valence-electron chi connectivity index (χ0n) is 12.2. The summed E-state index contributed by atoms with van der Waals surface area (Å²) in [5.74, 6) is -0.271. The van der Waals surface area contributed by atoms with Crippen LogP contribution in [0.5, 0.6) is 0 Å². The molecule has 0 bridgehead atoms.